The fourth-order valence-corrected chi connectivity index (χ4v) is 3.31. The molecule has 2 aromatic rings. The van der Waals surface area contributed by atoms with Gasteiger partial charge < -0.3 is 9.90 Å². The predicted octanol–water partition coefficient (Wildman–Crippen LogP) is 3.45. The lowest BCUT2D eigenvalue weighted by atomic mass is 10.0. The first-order valence-corrected chi connectivity index (χ1v) is 8.55. The van der Waals surface area contributed by atoms with Crippen LogP contribution in [0, 0.1) is 6.92 Å². The molecule has 0 aliphatic carbocycles. The van der Waals surface area contributed by atoms with Crippen LogP contribution >= 0.6 is 23.4 Å². The van der Waals surface area contributed by atoms with E-state index in [1.807, 2.05) is 37.3 Å². The van der Waals surface area contributed by atoms with Gasteiger partial charge in [-0.1, -0.05) is 47.5 Å². The topological polar surface area (TPSA) is 57.2 Å². The summed E-state index contributed by atoms with van der Waals surface area (Å²) in [5.74, 6) is -1.31. The Morgan fingerprint density at radius 3 is 2.48 bits per heavy atom. The van der Waals surface area contributed by atoms with Gasteiger partial charge in [0, 0.05) is 28.0 Å². The first kappa shape index (κ1) is 17.6. The Bertz CT molecular complexity index is 698. The zero-order valence-corrected chi connectivity index (χ0v) is 14.2. The number of carboxylic acids is 1. The monoisotopic (exact) mass is 347 g/mol. The third-order valence-corrected chi connectivity index (χ3v) is 4.85. The van der Waals surface area contributed by atoms with Crippen molar-refractivity contribution in [2.45, 2.75) is 18.6 Å². The second-order valence-corrected chi connectivity index (χ2v) is 6.85. The fraction of sp³-hybridized carbons (Fsp3) is 0.222. The number of rotatable bonds is 7. The first-order valence-electron chi connectivity index (χ1n) is 7.12. The molecule has 0 heterocycles. The highest BCUT2D eigenvalue weighted by Gasteiger charge is 2.18. The van der Waals surface area contributed by atoms with Gasteiger partial charge in [-0.15, -0.1) is 11.8 Å². The van der Waals surface area contributed by atoms with E-state index in [4.69, 9.17) is 11.6 Å². The van der Waals surface area contributed by atoms with Crippen molar-refractivity contribution in [1.82, 2.24) is 0 Å². The summed E-state index contributed by atoms with van der Waals surface area (Å²) in [6.45, 7) is 1.93. The molecule has 0 aromatic heterocycles. The molecule has 0 unspecified atom stereocenters. The minimum atomic E-state index is -1.14. The average molecular weight is 348 g/mol. The van der Waals surface area contributed by atoms with Crippen LogP contribution in [0.3, 0.4) is 0 Å². The highest BCUT2D eigenvalue weighted by molar-refractivity contribution is 8.00. The highest BCUT2D eigenvalue weighted by atomic mass is 35.5. The number of carbonyl (C=O) groups is 2. The number of Topliss-reactive ketones (excluding diaryl/α,β-unsaturated/α-hetero) is 1. The number of hydrogen-bond acceptors (Lipinski definition) is 4. The van der Waals surface area contributed by atoms with E-state index < -0.39 is 5.97 Å². The Morgan fingerprint density at radius 2 is 1.87 bits per heavy atom. The number of benzene rings is 2. The van der Waals surface area contributed by atoms with Crippen LogP contribution in [0.15, 0.2) is 48.5 Å². The molecule has 0 saturated carbocycles. The van der Waals surface area contributed by atoms with Gasteiger partial charge in [0.15, 0.2) is 5.78 Å². The molecule has 2 rings (SSSR count). The Labute approximate surface area is 144 Å². The van der Waals surface area contributed by atoms with Gasteiger partial charge in [0.25, 0.3) is 0 Å². The Balaban J connectivity index is 2.18. The maximum Gasteiger partial charge on any atom is 0.164 e. The normalized spacial score (nSPS) is 11.9. The number of aliphatic carboxylic acids is 1. The molecular weight excluding hydrogens is 332 g/mol. The third-order valence-electron chi connectivity index (χ3n) is 3.35. The molecule has 5 heteroatoms. The quantitative estimate of drug-likeness (QED) is 0.720. The van der Waals surface area contributed by atoms with Crippen molar-refractivity contribution in [2.75, 3.05) is 5.75 Å². The van der Waals surface area contributed by atoms with Crippen molar-refractivity contribution >= 4 is 35.1 Å². The van der Waals surface area contributed by atoms with Crippen LogP contribution in [0.4, 0.5) is 0 Å². The Hall–Kier alpha value is -1.78. The zero-order valence-electron chi connectivity index (χ0n) is 12.6. The molecule has 0 bridgehead atoms. The van der Waals surface area contributed by atoms with Crippen molar-refractivity contribution in [3.05, 3.63) is 70.2 Å². The van der Waals surface area contributed by atoms with E-state index in [0.717, 1.165) is 11.1 Å². The van der Waals surface area contributed by atoms with E-state index in [0.29, 0.717) is 10.6 Å². The van der Waals surface area contributed by atoms with Gasteiger partial charge in [-0.2, -0.15) is 0 Å². The minimum Gasteiger partial charge on any atom is -0.549 e. The number of aryl methyl sites for hydroxylation is 1. The SMILES string of the molecule is Cc1cccc(C(=O)C[C@H](SCC(=O)[O-])c2ccc(Cl)cc2)c1. The van der Waals surface area contributed by atoms with Crippen molar-refractivity contribution in [2.24, 2.45) is 0 Å². The lowest BCUT2D eigenvalue weighted by Gasteiger charge is -2.17. The maximum absolute atomic E-state index is 12.5. The first-order chi connectivity index (χ1) is 11.0. The summed E-state index contributed by atoms with van der Waals surface area (Å²) in [6.07, 6.45) is 0.225. The van der Waals surface area contributed by atoms with Gasteiger partial charge in [0.05, 0.1) is 5.97 Å². The van der Waals surface area contributed by atoms with Crippen LogP contribution in [-0.2, 0) is 4.79 Å². The standard InChI is InChI=1S/C18H17ClO3S/c1-12-3-2-4-14(9-12)16(20)10-17(23-11-18(21)22)13-5-7-15(19)8-6-13/h2-9,17H,10-11H2,1H3,(H,21,22)/p-1/t17-/m0/s1. The number of thioether (sulfide) groups is 1. The second-order valence-electron chi connectivity index (χ2n) is 5.22. The fourth-order valence-electron chi connectivity index (χ4n) is 2.22. The summed E-state index contributed by atoms with van der Waals surface area (Å²) in [6, 6.07) is 14.5. The summed E-state index contributed by atoms with van der Waals surface area (Å²) in [5.41, 5.74) is 2.53. The summed E-state index contributed by atoms with van der Waals surface area (Å²) in [7, 11) is 0. The van der Waals surface area contributed by atoms with Crippen molar-refractivity contribution in [3.8, 4) is 0 Å². The molecule has 1 atom stereocenters. The molecule has 0 aliphatic rings. The van der Waals surface area contributed by atoms with Gasteiger partial charge in [-0.25, -0.2) is 0 Å². The summed E-state index contributed by atoms with van der Waals surface area (Å²) < 4.78 is 0. The lowest BCUT2D eigenvalue weighted by molar-refractivity contribution is -0.301. The van der Waals surface area contributed by atoms with E-state index in [1.165, 1.54) is 11.8 Å². The molecule has 2 aromatic carbocycles. The molecule has 3 nitrogen and oxygen atoms in total. The number of halogens is 1. The maximum atomic E-state index is 12.5. The van der Waals surface area contributed by atoms with Crippen LogP contribution in [0.5, 0.6) is 0 Å². The van der Waals surface area contributed by atoms with E-state index in [9.17, 15) is 14.7 Å². The van der Waals surface area contributed by atoms with Gasteiger partial charge in [0.1, 0.15) is 0 Å². The number of carbonyl (C=O) groups excluding carboxylic acids is 2. The van der Waals surface area contributed by atoms with Gasteiger partial charge in [0.2, 0.25) is 0 Å². The van der Waals surface area contributed by atoms with Crippen molar-refractivity contribution < 1.29 is 14.7 Å². The molecule has 120 valence electrons. The molecule has 0 N–H and O–H groups in total. The number of carboxylic acid groups (broad SMARTS) is 1. The van der Waals surface area contributed by atoms with Crippen LogP contribution in [0.25, 0.3) is 0 Å². The summed E-state index contributed by atoms with van der Waals surface area (Å²) in [5, 5.41) is 11.1. The molecule has 0 fully saturated rings. The summed E-state index contributed by atoms with van der Waals surface area (Å²) in [4.78, 5) is 23.2. The lowest BCUT2D eigenvalue weighted by Crippen LogP contribution is -2.25. The number of hydrogen-bond donors (Lipinski definition) is 0. The van der Waals surface area contributed by atoms with Crippen LogP contribution in [0.2, 0.25) is 5.02 Å². The van der Waals surface area contributed by atoms with E-state index in [2.05, 4.69) is 0 Å². The molecule has 0 aliphatic heterocycles. The predicted molar refractivity (Wildman–Crippen MR) is 91.8 cm³/mol. The van der Waals surface area contributed by atoms with E-state index >= 15 is 0 Å². The Morgan fingerprint density at radius 1 is 1.17 bits per heavy atom. The molecule has 0 amide bonds. The average Bonchev–Trinajstić information content (AvgIpc) is 2.52. The van der Waals surface area contributed by atoms with E-state index in [1.54, 1.807) is 18.2 Å². The van der Waals surface area contributed by atoms with E-state index in [-0.39, 0.29) is 23.2 Å². The molecule has 0 saturated heterocycles. The largest absolute Gasteiger partial charge is 0.549 e. The zero-order chi connectivity index (χ0) is 16.8. The van der Waals surface area contributed by atoms with Gasteiger partial charge in [-0.3, -0.25) is 4.79 Å². The van der Waals surface area contributed by atoms with Gasteiger partial charge >= 0.3 is 0 Å². The Kier molecular flexibility index (Phi) is 6.25. The molecule has 0 radical (unpaired) electrons. The van der Waals surface area contributed by atoms with Crippen LogP contribution in [0.1, 0.15) is 33.2 Å². The third kappa shape index (κ3) is 5.41. The summed E-state index contributed by atoms with van der Waals surface area (Å²) >= 11 is 7.07. The second kappa shape index (κ2) is 8.18. The van der Waals surface area contributed by atoms with Crippen molar-refractivity contribution in [1.29, 1.82) is 0 Å². The number of ketones is 1. The highest BCUT2D eigenvalue weighted by Crippen LogP contribution is 2.33. The smallest absolute Gasteiger partial charge is 0.164 e. The molecule has 0 spiro atoms. The van der Waals surface area contributed by atoms with Crippen LogP contribution in [-0.4, -0.2) is 17.5 Å². The van der Waals surface area contributed by atoms with Crippen LogP contribution < -0.4 is 5.11 Å². The van der Waals surface area contributed by atoms with Crippen molar-refractivity contribution in [3.63, 3.8) is 0 Å². The van der Waals surface area contributed by atoms with Gasteiger partial charge in [-0.05, 0) is 30.7 Å². The molecule has 23 heavy (non-hydrogen) atoms. The molecular formula is C18H16ClO3S-. The minimum absolute atomic E-state index is 0.0144.